The second-order valence-electron chi connectivity index (χ2n) is 3.97. The monoisotopic (exact) mass is 343 g/mol. The van der Waals surface area contributed by atoms with E-state index in [4.69, 9.17) is 0 Å². The molecule has 0 atom stereocenters. The maximum absolute atomic E-state index is 2.36. The number of halogens is 1. The van der Waals surface area contributed by atoms with Crippen molar-refractivity contribution in [3.8, 4) is 10.4 Å². The van der Waals surface area contributed by atoms with Crippen LogP contribution in [0.3, 0.4) is 0 Å². The molecule has 0 radical (unpaired) electrons. The molecule has 0 saturated carbocycles. The number of hydrogen-bond donors (Lipinski definition) is 0. The van der Waals surface area contributed by atoms with Crippen LogP contribution in [0.5, 0.6) is 0 Å². The Hall–Kier alpha value is -0.550. The molecule has 0 spiro atoms. The molecule has 0 amide bonds. The molecule has 1 nitrogen and oxygen atoms in total. The van der Waals surface area contributed by atoms with Crippen molar-refractivity contribution in [3.05, 3.63) is 38.8 Å². The smallest absolute Gasteiger partial charge is 0.0459 e. The minimum Gasteiger partial charge on any atom is -0.377 e. The second kappa shape index (κ2) is 4.75. The van der Waals surface area contributed by atoms with Gasteiger partial charge in [-0.3, -0.25) is 0 Å². The number of nitrogens with zero attached hydrogens (tertiary/aromatic N) is 1. The highest BCUT2D eigenvalue weighted by atomic mass is 127. The molecule has 2 rings (SSSR count). The van der Waals surface area contributed by atoms with Crippen LogP contribution in [0, 0.1) is 10.5 Å². The molecule has 0 fully saturated rings. The van der Waals surface area contributed by atoms with Gasteiger partial charge in [-0.2, -0.15) is 0 Å². The Kier molecular flexibility index (Phi) is 3.54. The van der Waals surface area contributed by atoms with Crippen molar-refractivity contribution in [2.75, 3.05) is 19.0 Å². The molecule has 0 bridgehead atoms. The van der Waals surface area contributed by atoms with Crippen LogP contribution in [0.15, 0.2) is 30.3 Å². The van der Waals surface area contributed by atoms with Gasteiger partial charge >= 0.3 is 0 Å². The maximum Gasteiger partial charge on any atom is 0.0459 e. The molecule has 1 aromatic heterocycles. The highest BCUT2D eigenvalue weighted by Crippen LogP contribution is 2.35. The lowest BCUT2D eigenvalue weighted by atomic mass is 10.1. The van der Waals surface area contributed by atoms with E-state index < -0.39 is 0 Å². The van der Waals surface area contributed by atoms with Crippen molar-refractivity contribution in [2.45, 2.75) is 6.92 Å². The number of hydrogen-bond acceptors (Lipinski definition) is 2. The molecule has 84 valence electrons. The van der Waals surface area contributed by atoms with Crippen LogP contribution in [0.2, 0.25) is 0 Å². The standard InChI is InChI=1S/C13H14INS/c1-9-4-7-13(16-9)11-6-5-10(14)8-12(11)15(2)3/h4-8H,1-3H3. The number of benzene rings is 1. The molecule has 0 aliphatic carbocycles. The van der Waals surface area contributed by atoms with Gasteiger partial charge in [0.15, 0.2) is 0 Å². The zero-order chi connectivity index (χ0) is 11.7. The van der Waals surface area contributed by atoms with Gasteiger partial charge in [-0.15, -0.1) is 11.3 Å². The molecule has 2 aromatic rings. The van der Waals surface area contributed by atoms with Crippen LogP contribution in [-0.4, -0.2) is 14.1 Å². The Balaban J connectivity index is 2.56. The van der Waals surface area contributed by atoms with Crippen molar-refractivity contribution in [3.63, 3.8) is 0 Å². The number of thiophene rings is 1. The lowest BCUT2D eigenvalue weighted by Crippen LogP contribution is -2.09. The molecule has 0 aliphatic heterocycles. The van der Waals surface area contributed by atoms with Gasteiger partial charge in [0.05, 0.1) is 0 Å². The van der Waals surface area contributed by atoms with E-state index in [0.717, 1.165) is 0 Å². The zero-order valence-electron chi connectivity index (χ0n) is 9.62. The predicted molar refractivity (Wildman–Crippen MR) is 81.5 cm³/mol. The highest BCUT2D eigenvalue weighted by Gasteiger charge is 2.09. The van der Waals surface area contributed by atoms with E-state index >= 15 is 0 Å². The van der Waals surface area contributed by atoms with Crippen LogP contribution in [0.4, 0.5) is 5.69 Å². The summed E-state index contributed by atoms with van der Waals surface area (Å²) in [7, 11) is 4.19. The Bertz CT molecular complexity index is 502. The van der Waals surface area contributed by atoms with Gasteiger partial charge in [0, 0.05) is 38.7 Å². The van der Waals surface area contributed by atoms with Gasteiger partial charge in [0.2, 0.25) is 0 Å². The number of rotatable bonds is 2. The quantitative estimate of drug-likeness (QED) is 0.731. The molecular weight excluding hydrogens is 329 g/mol. The molecule has 3 heteroatoms. The summed E-state index contributed by atoms with van der Waals surface area (Å²) >= 11 is 4.21. The first-order chi connectivity index (χ1) is 7.58. The van der Waals surface area contributed by atoms with E-state index in [9.17, 15) is 0 Å². The average molecular weight is 343 g/mol. The topological polar surface area (TPSA) is 3.24 Å². The van der Waals surface area contributed by atoms with Crippen molar-refractivity contribution < 1.29 is 0 Å². The van der Waals surface area contributed by atoms with Gasteiger partial charge in [0.1, 0.15) is 0 Å². The third kappa shape index (κ3) is 2.40. The maximum atomic E-state index is 2.36. The summed E-state index contributed by atoms with van der Waals surface area (Å²) in [6, 6.07) is 11.0. The van der Waals surface area contributed by atoms with Gasteiger partial charge < -0.3 is 4.90 Å². The fraction of sp³-hybridized carbons (Fsp3) is 0.231. The number of aryl methyl sites for hydroxylation is 1. The molecule has 0 aliphatic rings. The summed E-state index contributed by atoms with van der Waals surface area (Å²) in [5.41, 5.74) is 2.61. The van der Waals surface area contributed by atoms with Crippen molar-refractivity contribution in [1.29, 1.82) is 0 Å². The van der Waals surface area contributed by atoms with E-state index in [1.54, 1.807) is 0 Å². The fourth-order valence-electron chi connectivity index (χ4n) is 1.66. The summed E-state index contributed by atoms with van der Waals surface area (Å²) in [6.07, 6.45) is 0. The summed E-state index contributed by atoms with van der Waals surface area (Å²) < 4.78 is 1.28. The Morgan fingerprint density at radius 2 is 1.88 bits per heavy atom. The SMILES string of the molecule is Cc1ccc(-c2ccc(I)cc2N(C)C)s1. The van der Waals surface area contributed by atoms with Crippen LogP contribution in [0.1, 0.15) is 4.88 Å². The minimum atomic E-state index is 1.28. The van der Waals surface area contributed by atoms with Crippen LogP contribution >= 0.6 is 33.9 Å². The number of anilines is 1. The zero-order valence-corrected chi connectivity index (χ0v) is 12.6. The Morgan fingerprint density at radius 1 is 1.12 bits per heavy atom. The molecule has 0 saturated heterocycles. The highest BCUT2D eigenvalue weighted by molar-refractivity contribution is 14.1. The van der Waals surface area contributed by atoms with Crippen molar-refractivity contribution in [2.24, 2.45) is 0 Å². The predicted octanol–water partition coefficient (Wildman–Crippen LogP) is 4.39. The van der Waals surface area contributed by atoms with Gasteiger partial charge in [-0.1, -0.05) is 6.07 Å². The van der Waals surface area contributed by atoms with Crippen molar-refractivity contribution in [1.82, 2.24) is 0 Å². The first kappa shape index (κ1) is 11.9. The Morgan fingerprint density at radius 3 is 2.44 bits per heavy atom. The van der Waals surface area contributed by atoms with E-state index in [2.05, 4.69) is 78.8 Å². The summed E-state index contributed by atoms with van der Waals surface area (Å²) in [5, 5.41) is 0. The summed E-state index contributed by atoms with van der Waals surface area (Å²) in [4.78, 5) is 4.88. The Labute approximate surface area is 114 Å². The van der Waals surface area contributed by atoms with Crippen LogP contribution in [-0.2, 0) is 0 Å². The van der Waals surface area contributed by atoms with E-state index in [0.29, 0.717) is 0 Å². The van der Waals surface area contributed by atoms with Gasteiger partial charge in [-0.25, -0.2) is 0 Å². The van der Waals surface area contributed by atoms with Crippen LogP contribution < -0.4 is 4.90 Å². The van der Waals surface area contributed by atoms with Gasteiger partial charge in [-0.05, 0) is 53.8 Å². The average Bonchev–Trinajstić information content (AvgIpc) is 2.64. The van der Waals surface area contributed by atoms with E-state index in [1.807, 2.05) is 11.3 Å². The largest absolute Gasteiger partial charge is 0.377 e. The molecule has 0 N–H and O–H groups in total. The normalized spacial score (nSPS) is 10.5. The molecule has 1 aromatic carbocycles. The van der Waals surface area contributed by atoms with Crippen molar-refractivity contribution >= 4 is 39.6 Å². The molecule has 16 heavy (non-hydrogen) atoms. The van der Waals surface area contributed by atoms with Crippen LogP contribution in [0.25, 0.3) is 10.4 Å². The lowest BCUT2D eigenvalue weighted by Gasteiger charge is -2.17. The minimum absolute atomic E-state index is 1.28. The first-order valence-electron chi connectivity index (χ1n) is 5.11. The second-order valence-corrected chi connectivity index (χ2v) is 6.50. The summed E-state index contributed by atoms with van der Waals surface area (Å²) in [5.74, 6) is 0. The van der Waals surface area contributed by atoms with E-state index in [-0.39, 0.29) is 0 Å². The van der Waals surface area contributed by atoms with Gasteiger partial charge in [0.25, 0.3) is 0 Å². The third-order valence-corrected chi connectivity index (χ3v) is 4.15. The lowest BCUT2D eigenvalue weighted by molar-refractivity contribution is 1.13. The van der Waals surface area contributed by atoms with E-state index in [1.165, 1.54) is 24.6 Å². The molecule has 1 heterocycles. The molecule has 0 unspecified atom stereocenters. The molecular formula is C13H14INS. The third-order valence-electron chi connectivity index (χ3n) is 2.45. The first-order valence-corrected chi connectivity index (χ1v) is 7.01. The fourth-order valence-corrected chi connectivity index (χ4v) is 3.04. The summed E-state index contributed by atoms with van der Waals surface area (Å²) in [6.45, 7) is 2.15.